The van der Waals surface area contributed by atoms with Gasteiger partial charge in [0, 0.05) is 11.9 Å². The standard InChI is InChI=1S/C3H9ClN2/c1-3(4)2-6-5/h3,6H,2,5H2,1H3. The summed E-state index contributed by atoms with van der Waals surface area (Å²) >= 11 is 5.44. The maximum Gasteiger partial charge on any atom is 0.0446 e. The van der Waals surface area contributed by atoms with E-state index in [4.69, 9.17) is 17.4 Å². The van der Waals surface area contributed by atoms with E-state index in [1.54, 1.807) is 0 Å². The molecule has 1 unspecified atom stereocenters. The number of hydrazine groups is 1. The van der Waals surface area contributed by atoms with Crippen LogP contribution in [0.25, 0.3) is 0 Å². The number of rotatable bonds is 2. The van der Waals surface area contributed by atoms with E-state index < -0.39 is 0 Å². The molecular weight excluding hydrogens is 99.5 g/mol. The number of halogens is 1. The summed E-state index contributed by atoms with van der Waals surface area (Å²) in [5, 5.41) is 0.134. The van der Waals surface area contributed by atoms with E-state index >= 15 is 0 Å². The third-order valence-electron chi connectivity index (χ3n) is 0.399. The van der Waals surface area contributed by atoms with Gasteiger partial charge in [-0.3, -0.25) is 11.3 Å². The maximum absolute atomic E-state index is 5.44. The number of nitrogens with two attached hydrogens (primary N) is 1. The molecule has 0 radical (unpaired) electrons. The van der Waals surface area contributed by atoms with Crippen molar-refractivity contribution in [2.75, 3.05) is 6.54 Å². The average Bonchev–Trinajstić information content (AvgIpc) is 1.35. The minimum atomic E-state index is 0.134. The molecule has 0 saturated heterocycles. The second-order valence-electron chi connectivity index (χ2n) is 1.19. The Kier molecular flexibility index (Phi) is 3.52. The van der Waals surface area contributed by atoms with E-state index in [1.807, 2.05) is 6.92 Å². The van der Waals surface area contributed by atoms with Crippen LogP contribution in [0.1, 0.15) is 6.92 Å². The van der Waals surface area contributed by atoms with Crippen molar-refractivity contribution in [3.8, 4) is 0 Å². The Bertz CT molecular complexity index is 30.0. The SMILES string of the molecule is CC(Cl)CNN. The Morgan fingerprint density at radius 2 is 2.50 bits per heavy atom. The molecule has 0 bridgehead atoms. The molecule has 0 heterocycles. The highest BCUT2D eigenvalue weighted by atomic mass is 35.5. The van der Waals surface area contributed by atoms with Crippen LogP contribution in [0.3, 0.4) is 0 Å². The number of nitrogens with one attached hydrogen (secondary N) is 1. The van der Waals surface area contributed by atoms with Crippen LogP contribution < -0.4 is 11.3 Å². The Morgan fingerprint density at radius 1 is 2.00 bits per heavy atom. The van der Waals surface area contributed by atoms with Gasteiger partial charge in [-0.25, -0.2) is 0 Å². The van der Waals surface area contributed by atoms with E-state index in [0.29, 0.717) is 6.54 Å². The molecule has 38 valence electrons. The molecule has 0 spiro atoms. The smallest absolute Gasteiger partial charge is 0.0446 e. The molecule has 1 atom stereocenters. The fourth-order valence-electron chi connectivity index (χ4n) is 0.162. The molecule has 0 aliphatic carbocycles. The lowest BCUT2D eigenvalue weighted by Crippen LogP contribution is -2.27. The lowest BCUT2D eigenvalue weighted by atomic mass is 10.5. The fourth-order valence-corrected chi connectivity index (χ4v) is 0.251. The predicted octanol–water partition coefficient (Wildman–Crippen LogP) is 0.0770. The van der Waals surface area contributed by atoms with Gasteiger partial charge in [0.25, 0.3) is 0 Å². The maximum atomic E-state index is 5.44. The first-order valence-corrected chi connectivity index (χ1v) is 2.28. The second kappa shape index (κ2) is 3.40. The summed E-state index contributed by atoms with van der Waals surface area (Å²) in [6, 6.07) is 0. The zero-order valence-corrected chi connectivity index (χ0v) is 4.50. The van der Waals surface area contributed by atoms with Crippen LogP contribution in [0.4, 0.5) is 0 Å². The molecule has 0 aliphatic heterocycles. The normalized spacial score (nSPS) is 14.5. The average molecular weight is 109 g/mol. The van der Waals surface area contributed by atoms with Crippen LogP contribution in [0.15, 0.2) is 0 Å². The van der Waals surface area contributed by atoms with Crippen LogP contribution >= 0.6 is 11.6 Å². The lowest BCUT2D eigenvalue weighted by Gasteiger charge is -1.95. The minimum absolute atomic E-state index is 0.134. The second-order valence-corrected chi connectivity index (χ2v) is 1.93. The van der Waals surface area contributed by atoms with Crippen molar-refractivity contribution in [1.82, 2.24) is 5.43 Å². The van der Waals surface area contributed by atoms with Crippen LogP contribution in [0.5, 0.6) is 0 Å². The van der Waals surface area contributed by atoms with Gasteiger partial charge in [-0.2, -0.15) is 0 Å². The number of hydrogen-bond acceptors (Lipinski definition) is 2. The Morgan fingerprint density at radius 3 is 2.50 bits per heavy atom. The van der Waals surface area contributed by atoms with E-state index in [1.165, 1.54) is 0 Å². The van der Waals surface area contributed by atoms with Crippen LogP contribution in [0, 0.1) is 0 Å². The zero-order chi connectivity index (χ0) is 4.99. The molecule has 3 N–H and O–H groups in total. The van der Waals surface area contributed by atoms with E-state index in [0.717, 1.165) is 0 Å². The quantitative estimate of drug-likeness (QED) is 0.299. The van der Waals surface area contributed by atoms with Gasteiger partial charge in [-0.1, -0.05) is 0 Å². The molecule has 6 heavy (non-hydrogen) atoms. The first kappa shape index (κ1) is 6.21. The topological polar surface area (TPSA) is 38.0 Å². The molecule has 3 heteroatoms. The highest BCUT2D eigenvalue weighted by molar-refractivity contribution is 6.20. The molecule has 0 aromatic rings. The lowest BCUT2D eigenvalue weighted by molar-refractivity contribution is 0.719. The van der Waals surface area contributed by atoms with Gasteiger partial charge in [0.05, 0.1) is 0 Å². The van der Waals surface area contributed by atoms with Crippen molar-refractivity contribution >= 4 is 11.6 Å². The van der Waals surface area contributed by atoms with Crippen molar-refractivity contribution < 1.29 is 0 Å². The molecule has 0 aromatic heterocycles. The molecule has 0 fully saturated rings. The summed E-state index contributed by atoms with van der Waals surface area (Å²) in [5.41, 5.74) is 2.44. The van der Waals surface area contributed by atoms with Crippen LogP contribution in [0.2, 0.25) is 0 Å². The molecule has 2 nitrogen and oxygen atoms in total. The molecule has 0 saturated carbocycles. The molecule has 0 aromatic carbocycles. The third-order valence-corrected chi connectivity index (χ3v) is 0.553. The van der Waals surface area contributed by atoms with Gasteiger partial charge in [0.1, 0.15) is 0 Å². The van der Waals surface area contributed by atoms with Gasteiger partial charge in [0.2, 0.25) is 0 Å². The van der Waals surface area contributed by atoms with Crippen molar-refractivity contribution in [2.24, 2.45) is 5.84 Å². The van der Waals surface area contributed by atoms with Crippen molar-refractivity contribution in [3.05, 3.63) is 0 Å². The third kappa shape index (κ3) is 4.21. The van der Waals surface area contributed by atoms with E-state index in [-0.39, 0.29) is 5.38 Å². The van der Waals surface area contributed by atoms with Crippen molar-refractivity contribution in [3.63, 3.8) is 0 Å². The highest BCUT2D eigenvalue weighted by Gasteiger charge is 1.87. The Hall–Kier alpha value is 0.210. The molecule has 0 aliphatic rings. The minimum Gasteiger partial charge on any atom is -0.271 e. The molecule has 0 rings (SSSR count). The summed E-state index contributed by atoms with van der Waals surface area (Å²) in [7, 11) is 0. The summed E-state index contributed by atoms with van der Waals surface area (Å²) in [5.74, 6) is 4.89. The van der Waals surface area contributed by atoms with Gasteiger partial charge in [-0.05, 0) is 6.92 Å². The Balaban J connectivity index is 2.63. The first-order valence-electron chi connectivity index (χ1n) is 1.85. The van der Waals surface area contributed by atoms with Gasteiger partial charge in [0.15, 0.2) is 0 Å². The van der Waals surface area contributed by atoms with Gasteiger partial charge in [-0.15, -0.1) is 11.6 Å². The number of alkyl halides is 1. The van der Waals surface area contributed by atoms with Gasteiger partial charge < -0.3 is 0 Å². The molecular formula is C3H9ClN2. The Labute approximate surface area is 42.6 Å². The highest BCUT2D eigenvalue weighted by Crippen LogP contribution is 1.86. The number of hydrogen-bond donors (Lipinski definition) is 2. The van der Waals surface area contributed by atoms with E-state index in [2.05, 4.69) is 5.43 Å². The summed E-state index contributed by atoms with van der Waals surface area (Å²) < 4.78 is 0. The predicted molar refractivity (Wildman–Crippen MR) is 27.5 cm³/mol. The summed E-state index contributed by atoms with van der Waals surface area (Å²) in [6.07, 6.45) is 0. The zero-order valence-electron chi connectivity index (χ0n) is 3.74. The largest absolute Gasteiger partial charge is 0.271 e. The van der Waals surface area contributed by atoms with Crippen LogP contribution in [-0.4, -0.2) is 11.9 Å². The van der Waals surface area contributed by atoms with Crippen molar-refractivity contribution in [2.45, 2.75) is 12.3 Å². The van der Waals surface area contributed by atoms with Gasteiger partial charge >= 0.3 is 0 Å². The first-order chi connectivity index (χ1) is 2.77. The summed E-state index contributed by atoms with van der Waals surface area (Å²) in [4.78, 5) is 0. The van der Waals surface area contributed by atoms with E-state index in [9.17, 15) is 0 Å². The van der Waals surface area contributed by atoms with Crippen LogP contribution in [-0.2, 0) is 0 Å². The molecule has 0 amide bonds. The summed E-state index contributed by atoms with van der Waals surface area (Å²) in [6.45, 7) is 2.54. The van der Waals surface area contributed by atoms with Crippen molar-refractivity contribution in [1.29, 1.82) is 0 Å². The fraction of sp³-hybridized carbons (Fsp3) is 1.00. The monoisotopic (exact) mass is 108 g/mol.